The third-order valence-corrected chi connectivity index (χ3v) is 1.90. The molecule has 1 nitrogen and oxygen atoms in total. The number of carbonyl (C=O) groups is 1. The Morgan fingerprint density at radius 3 is 1.89 bits per heavy atom. The minimum atomic E-state index is -4.58. The molecule has 0 aliphatic carbocycles. The van der Waals surface area contributed by atoms with Crippen molar-refractivity contribution in [2.24, 2.45) is 0 Å². The Balaban J connectivity index is 4.04. The zero-order chi connectivity index (χ0) is 7.65. The summed E-state index contributed by atoms with van der Waals surface area (Å²) in [5.74, 6) is 0. The van der Waals surface area contributed by atoms with Crippen molar-refractivity contribution in [3.05, 3.63) is 0 Å². The lowest BCUT2D eigenvalue weighted by atomic mass is 10.5. The Kier molecular flexibility index (Phi) is 2.95. The summed E-state index contributed by atoms with van der Waals surface area (Å²) in [6.07, 6.45) is -4.58. The summed E-state index contributed by atoms with van der Waals surface area (Å²) in [5, 5.41) is -1.46. The molecular formula is C3HBrClF3O. The Bertz CT molecular complexity index is 123. The number of hydrogen-bond donors (Lipinski definition) is 0. The first-order valence-electron chi connectivity index (χ1n) is 1.76. The lowest BCUT2D eigenvalue weighted by Gasteiger charge is -2.07. The van der Waals surface area contributed by atoms with Crippen LogP contribution in [-0.4, -0.2) is 16.2 Å². The van der Waals surface area contributed by atoms with Gasteiger partial charge in [-0.25, -0.2) is 0 Å². The highest BCUT2D eigenvalue weighted by Crippen LogP contribution is 2.27. The molecule has 0 amide bonds. The van der Waals surface area contributed by atoms with Gasteiger partial charge in [-0.1, -0.05) is 15.9 Å². The van der Waals surface area contributed by atoms with E-state index in [-0.39, 0.29) is 0 Å². The minimum absolute atomic E-state index is 1.46. The Labute approximate surface area is 62.3 Å². The average Bonchev–Trinajstić information content (AvgIpc) is 1.62. The van der Waals surface area contributed by atoms with Gasteiger partial charge in [0, 0.05) is 0 Å². The molecule has 0 bridgehead atoms. The zero-order valence-corrected chi connectivity index (χ0v) is 6.22. The average molecular weight is 225 g/mol. The maximum atomic E-state index is 11.3. The monoisotopic (exact) mass is 224 g/mol. The number of hydrogen-bond acceptors (Lipinski definition) is 1. The highest BCUT2D eigenvalue weighted by atomic mass is 79.9. The first-order chi connectivity index (χ1) is 3.85. The maximum absolute atomic E-state index is 11.3. The van der Waals surface area contributed by atoms with E-state index in [4.69, 9.17) is 0 Å². The Morgan fingerprint density at radius 2 is 1.89 bits per heavy atom. The summed E-state index contributed by atoms with van der Waals surface area (Å²) >= 11 is 6.56. The molecule has 1 unspecified atom stereocenters. The van der Waals surface area contributed by atoms with Crippen molar-refractivity contribution in [2.75, 3.05) is 0 Å². The van der Waals surface area contributed by atoms with Crippen LogP contribution in [0.4, 0.5) is 13.2 Å². The highest BCUT2D eigenvalue weighted by molar-refractivity contribution is 9.10. The summed E-state index contributed by atoms with van der Waals surface area (Å²) in [5.41, 5.74) is 0. The van der Waals surface area contributed by atoms with Gasteiger partial charge in [0.25, 0.3) is 0 Å². The van der Waals surface area contributed by atoms with Crippen molar-refractivity contribution in [3.63, 3.8) is 0 Å². The van der Waals surface area contributed by atoms with Crippen LogP contribution >= 0.6 is 27.5 Å². The van der Waals surface area contributed by atoms with Crippen LogP contribution in [0.1, 0.15) is 0 Å². The first kappa shape index (κ1) is 9.23. The van der Waals surface area contributed by atoms with Crippen LogP contribution in [0.2, 0.25) is 0 Å². The number of halogens is 5. The van der Waals surface area contributed by atoms with Gasteiger partial charge in [0.15, 0.2) is 4.83 Å². The van der Waals surface area contributed by atoms with Gasteiger partial charge in [0.2, 0.25) is 5.24 Å². The van der Waals surface area contributed by atoms with Crippen molar-refractivity contribution < 1.29 is 18.0 Å². The second kappa shape index (κ2) is 2.88. The molecule has 0 rings (SSSR count). The van der Waals surface area contributed by atoms with Gasteiger partial charge in [0.1, 0.15) is 0 Å². The zero-order valence-electron chi connectivity index (χ0n) is 3.88. The van der Waals surface area contributed by atoms with Crippen LogP contribution in [0.5, 0.6) is 0 Å². The molecular weight excluding hydrogens is 224 g/mol. The van der Waals surface area contributed by atoms with E-state index >= 15 is 0 Å². The van der Waals surface area contributed by atoms with Gasteiger partial charge in [-0.15, -0.1) is 0 Å². The fraction of sp³-hybridized carbons (Fsp3) is 0.667. The molecule has 0 heterocycles. The Morgan fingerprint density at radius 1 is 1.56 bits per heavy atom. The number of carbonyl (C=O) groups excluding carboxylic acids is 1. The molecule has 0 fully saturated rings. The van der Waals surface area contributed by atoms with E-state index < -0.39 is 16.2 Å². The van der Waals surface area contributed by atoms with E-state index in [1.165, 1.54) is 0 Å². The first-order valence-corrected chi connectivity index (χ1v) is 3.05. The van der Waals surface area contributed by atoms with E-state index in [0.29, 0.717) is 0 Å². The fourth-order valence-corrected chi connectivity index (χ4v) is 0.252. The van der Waals surface area contributed by atoms with Crippen molar-refractivity contribution in [1.29, 1.82) is 0 Å². The predicted octanol–water partition coefficient (Wildman–Crippen LogP) is 2.08. The van der Waals surface area contributed by atoms with Gasteiger partial charge in [-0.2, -0.15) is 13.2 Å². The predicted molar refractivity (Wildman–Crippen MR) is 29.6 cm³/mol. The van der Waals surface area contributed by atoms with Crippen molar-refractivity contribution in [2.45, 2.75) is 11.0 Å². The van der Waals surface area contributed by atoms with Crippen LogP contribution in [-0.2, 0) is 4.79 Å². The summed E-state index contributed by atoms with van der Waals surface area (Å²) in [7, 11) is 0. The molecule has 0 aromatic rings. The lowest BCUT2D eigenvalue weighted by Crippen LogP contribution is -2.27. The summed E-state index contributed by atoms with van der Waals surface area (Å²) in [4.78, 5) is 7.55. The van der Waals surface area contributed by atoms with Crippen LogP contribution in [0.3, 0.4) is 0 Å². The smallest absolute Gasteiger partial charge is 0.280 e. The van der Waals surface area contributed by atoms with Crippen molar-refractivity contribution in [1.82, 2.24) is 0 Å². The molecule has 0 saturated carbocycles. The molecule has 0 aromatic carbocycles. The molecule has 9 heavy (non-hydrogen) atoms. The van der Waals surface area contributed by atoms with Crippen LogP contribution in [0.25, 0.3) is 0 Å². The summed E-state index contributed by atoms with van der Waals surface area (Å²) in [6.45, 7) is 0. The standard InChI is InChI=1S/C3HBrClF3O/c4-1(2(5)9)3(6,7)8/h1H. The fourth-order valence-electron chi connectivity index (χ4n) is 0.129. The quantitative estimate of drug-likeness (QED) is 0.493. The van der Waals surface area contributed by atoms with Crippen molar-refractivity contribution in [3.8, 4) is 0 Å². The molecule has 0 spiro atoms. The van der Waals surface area contributed by atoms with E-state index in [9.17, 15) is 18.0 Å². The van der Waals surface area contributed by atoms with E-state index in [0.717, 1.165) is 0 Å². The van der Waals surface area contributed by atoms with E-state index in [1.54, 1.807) is 0 Å². The third-order valence-electron chi connectivity index (χ3n) is 0.487. The van der Waals surface area contributed by atoms with E-state index in [1.807, 2.05) is 0 Å². The molecule has 0 aliphatic heterocycles. The SMILES string of the molecule is O=C(Cl)C(Br)C(F)(F)F. The van der Waals surface area contributed by atoms with E-state index in [2.05, 4.69) is 27.5 Å². The molecule has 0 aliphatic rings. The third kappa shape index (κ3) is 3.05. The van der Waals surface area contributed by atoms with Gasteiger partial charge in [-0.05, 0) is 11.6 Å². The van der Waals surface area contributed by atoms with Crippen LogP contribution < -0.4 is 0 Å². The molecule has 0 saturated heterocycles. The van der Waals surface area contributed by atoms with Crippen LogP contribution in [0, 0.1) is 0 Å². The molecule has 1 atom stereocenters. The lowest BCUT2D eigenvalue weighted by molar-refractivity contribution is -0.141. The van der Waals surface area contributed by atoms with Gasteiger partial charge in [-0.3, -0.25) is 4.79 Å². The highest BCUT2D eigenvalue weighted by Gasteiger charge is 2.42. The van der Waals surface area contributed by atoms with Gasteiger partial charge >= 0.3 is 6.18 Å². The largest absolute Gasteiger partial charge is 0.409 e. The molecule has 0 N–H and O–H groups in total. The minimum Gasteiger partial charge on any atom is -0.280 e. The van der Waals surface area contributed by atoms with Gasteiger partial charge < -0.3 is 0 Å². The molecule has 54 valence electrons. The second-order valence-electron chi connectivity index (χ2n) is 1.21. The number of rotatable bonds is 1. The molecule has 6 heteroatoms. The molecule has 0 radical (unpaired) electrons. The summed E-state index contributed by atoms with van der Waals surface area (Å²) in [6, 6.07) is 0. The molecule has 0 aromatic heterocycles. The van der Waals surface area contributed by atoms with Gasteiger partial charge in [0.05, 0.1) is 0 Å². The normalized spacial score (nSPS) is 15.2. The maximum Gasteiger partial charge on any atom is 0.409 e. The van der Waals surface area contributed by atoms with Crippen LogP contribution in [0.15, 0.2) is 0 Å². The number of alkyl halides is 4. The second-order valence-corrected chi connectivity index (χ2v) is 2.50. The topological polar surface area (TPSA) is 17.1 Å². The summed E-state index contributed by atoms with van der Waals surface area (Å²) < 4.78 is 34.0. The Hall–Kier alpha value is 0.230. The van der Waals surface area contributed by atoms with Crippen molar-refractivity contribution >= 4 is 32.8 Å².